The molecule has 2 aromatic heterocycles. The van der Waals surface area contributed by atoms with Crippen LogP contribution in [-0.4, -0.2) is 53.1 Å². The summed E-state index contributed by atoms with van der Waals surface area (Å²) in [7, 11) is 1.16. The van der Waals surface area contributed by atoms with Gasteiger partial charge in [0.15, 0.2) is 5.69 Å². The van der Waals surface area contributed by atoms with Crippen LogP contribution in [0.1, 0.15) is 40.5 Å². The second kappa shape index (κ2) is 10.1. The Labute approximate surface area is 197 Å². The fraction of sp³-hybridized carbons (Fsp3) is 0.409. The van der Waals surface area contributed by atoms with Gasteiger partial charge in [0.1, 0.15) is 5.65 Å². The predicted octanol–water partition coefficient (Wildman–Crippen LogP) is 3.39. The highest BCUT2D eigenvalue weighted by Gasteiger charge is 2.30. The van der Waals surface area contributed by atoms with E-state index in [0.29, 0.717) is 42.3 Å². The summed E-state index contributed by atoms with van der Waals surface area (Å²) in [6, 6.07) is 8.37. The topological polar surface area (TPSA) is 86.9 Å². The van der Waals surface area contributed by atoms with Gasteiger partial charge in [0.05, 0.1) is 12.8 Å². The Bertz CT molecular complexity index is 1240. The van der Waals surface area contributed by atoms with Crippen molar-refractivity contribution in [1.82, 2.24) is 19.5 Å². The lowest BCUT2D eigenvalue weighted by atomic mass is 9.97. The van der Waals surface area contributed by atoms with Crippen molar-refractivity contribution in [2.24, 2.45) is 0 Å². The van der Waals surface area contributed by atoms with Gasteiger partial charge in [-0.2, -0.15) is 9.61 Å². The summed E-state index contributed by atoms with van der Waals surface area (Å²) in [6.45, 7) is 1.14. The van der Waals surface area contributed by atoms with E-state index >= 15 is 0 Å². The van der Waals surface area contributed by atoms with Gasteiger partial charge in [0.25, 0.3) is 12.3 Å². The van der Waals surface area contributed by atoms with Crippen LogP contribution in [0.2, 0.25) is 5.02 Å². The minimum absolute atomic E-state index is 0.0323. The van der Waals surface area contributed by atoms with Gasteiger partial charge in [-0.05, 0) is 30.5 Å². The van der Waals surface area contributed by atoms with Crippen LogP contribution in [0, 0.1) is 0 Å². The number of fused-ring (bicyclic) bond motifs is 1. The number of hydrogen-bond acceptors (Lipinski definition) is 5. The summed E-state index contributed by atoms with van der Waals surface area (Å²) in [5.74, 6) is -1.62. The first-order valence-electron chi connectivity index (χ1n) is 10.6. The van der Waals surface area contributed by atoms with Gasteiger partial charge in [0, 0.05) is 36.8 Å². The molecule has 12 heteroatoms. The number of nitrogens with one attached hydrogen (secondary N) is 1. The maximum atomic E-state index is 13.7. The molecule has 1 fully saturated rings. The van der Waals surface area contributed by atoms with Crippen molar-refractivity contribution in [2.75, 3.05) is 20.3 Å². The van der Waals surface area contributed by atoms with E-state index in [1.54, 1.807) is 35.6 Å². The fourth-order valence-electron chi connectivity index (χ4n) is 3.96. The Kier molecular flexibility index (Phi) is 7.13. The van der Waals surface area contributed by atoms with Crippen LogP contribution < -0.4 is 15.6 Å². The zero-order chi connectivity index (χ0) is 24.4. The number of nitrogens with zero attached hydrogens (tertiary/aromatic N) is 3. The minimum atomic E-state index is -3.44. The maximum absolute atomic E-state index is 13.7. The average molecular weight is 499 g/mol. The van der Waals surface area contributed by atoms with Gasteiger partial charge >= 0.3 is 5.56 Å². The van der Waals surface area contributed by atoms with E-state index < -0.39 is 35.6 Å². The number of methoxy groups -OCH3 is 1. The SMILES string of the molecule is COc1c(C(=O)NC(F)C(F)F)n(Cc2ccc(Cl)cc2)c2cc(C3CCOCC3)nn2c1=O. The molecule has 1 N–H and O–H groups in total. The van der Waals surface area contributed by atoms with E-state index in [1.165, 1.54) is 4.57 Å². The normalized spacial score (nSPS) is 15.6. The third-order valence-electron chi connectivity index (χ3n) is 5.66. The molecule has 0 aliphatic carbocycles. The summed E-state index contributed by atoms with van der Waals surface area (Å²) >= 11 is 5.97. The van der Waals surface area contributed by atoms with Crippen LogP contribution in [0.15, 0.2) is 35.1 Å². The highest BCUT2D eigenvalue weighted by molar-refractivity contribution is 6.30. The molecule has 4 rings (SSSR count). The van der Waals surface area contributed by atoms with E-state index in [0.717, 1.165) is 11.6 Å². The predicted molar refractivity (Wildman–Crippen MR) is 118 cm³/mol. The van der Waals surface area contributed by atoms with Gasteiger partial charge in [-0.3, -0.25) is 9.59 Å². The van der Waals surface area contributed by atoms with Crippen molar-refractivity contribution in [3.05, 3.63) is 62.7 Å². The standard InChI is InChI=1S/C22H22ClF3N4O4/c1-33-18-17(21(31)27-20(26)19(24)25)29(11-12-2-4-14(23)5-3-12)16-10-15(28-30(16)22(18)32)13-6-8-34-9-7-13/h2-5,10,13,19-20H,6-9,11H2,1H3,(H,27,31). The average Bonchev–Trinajstić information content (AvgIpc) is 3.28. The molecule has 34 heavy (non-hydrogen) atoms. The van der Waals surface area contributed by atoms with Crippen molar-refractivity contribution in [2.45, 2.75) is 38.0 Å². The van der Waals surface area contributed by atoms with Crippen LogP contribution in [0.3, 0.4) is 0 Å². The quantitative estimate of drug-likeness (QED) is 0.505. The number of aromatic nitrogens is 3. The number of halogens is 4. The molecule has 3 heterocycles. The van der Waals surface area contributed by atoms with Crippen LogP contribution in [-0.2, 0) is 11.3 Å². The van der Waals surface area contributed by atoms with Gasteiger partial charge in [-0.25, -0.2) is 13.2 Å². The minimum Gasteiger partial charge on any atom is -0.489 e. The molecule has 182 valence electrons. The van der Waals surface area contributed by atoms with E-state index in [-0.39, 0.29) is 18.1 Å². The van der Waals surface area contributed by atoms with Gasteiger partial charge in [0.2, 0.25) is 12.0 Å². The summed E-state index contributed by atoms with van der Waals surface area (Å²) in [6.07, 6.45) is -4.95. The lowest BCUT2D eigenvalue weighted by Gasteiger charge is -2.19. The third kappa shape index (κ3) is 4.76. The highest BCUT2D eigenvalue weighted by atomic mass is 35.5. The number of carbonyl (C=O) groups is 1. The number of rotatable bonds is 7. The lowest BCUT2D eigenvalue weighted by molar-refractivity contribution is 0.0282. The number of benzene rings is 1. The van der Waals surface area contributed by atoms with Gasteiger partial charge in [-0.1, -0.05) is 23.7 Å². The molecule has 1 aliphatic rings. The zero-order valence-corrected chi connectivity index (χ0v) is 18.9. The van der Waals surface area contributed by atoms with Crippen molar-refractivity contribution in [3.63, 3.8) is 0 Å². The summed E-state index contributed by atoms with van der Waals surface area (Å²) in [5.41, 5.74) is 0.392. The molecule has 1 aromatic carbocycles. The summed E-state index contributed by atoms with van der Waals surface area (Å²) in [4.78, 5) is 26.1. The molecule has 0 radical (unpaired) electrons. The summed E-state index contributed by atoms with van der Waals surface area (Å²) in [5, 5.41) is 6.55. The maximum Gasteiger partial charge on any atom is 0.317 e. The number of amides is 1. The molecule has 1 unspecified atom stereocenters. The third-order valence-corrected chi connectivity index (χ3v) is 5.91. The first-order chi connectivity index (χ1) is 16.3. The number of hydrogen-bond donors (Lipinski definition) is 1. The van der Waals surface area contributed by atoms with Crippen molar-refractivity contribution in [3.8, 4) is 5.75 Å². The molecule has 3 aromatic rings. The van der Waals surface area contributed by atoms with Crippen molar-refractivity contribution >= 4 is 23.2 Å². The Hall–Kier alpha value is -3.05. The Balaban J connectivity index is 1.91. The first kappa shape index (κ1) is 24.1. The smallest absolute Gasteiger partial charge is 0.317 e. The Morgan fingerprint density at radius 2 is 1.94 bits per heavy atom. The number of ether oxygens (including phenoxy) is 2. The second-order valence-corrected chi connectivity index (χ2v) is 8.27. The van der Waals surface area contributed by atoms with E-state index in [1.807, 2.05) is 0 Å². The van der Waals surface area contributed by atoms with Crippen molar-refractivity contribution < 1.29 is 27.4 Å². The lowest BCUT2D eigenvalue weighted by Crippen LogP contribution is -2.39. The van der Waals surface area contributed by atoms with Gasteiger partial charge < -0.3 is 19.4 Å². The molecule has 0 saturated carbocycles. The van der Waals surface area contributed by atoms with Crippen LogP contribution >= 0.6 is 11.6 Å². The molecular formula is C22H22ClF3N4O4. The Morgan fingerprint density at radius 3 is 2.56 bits per heavy atom. The molecule has 1 saturated heterocycles. The van der Waals surface area contributed by atoms with E-state index in [9.17, 15) is 22.8 Å². The largest absolute Gasteiger partial charge is 0.489 e. The number of carbonyl (C=O) groups excluding carboxylic acids is 1. The monoisotopic (exact) mass is 498 g/mol. The molecule has 8 nitrogen and oxygen atoms in total. The first-order valence-corrected chi connectivity index (χ1v) is 10.9. The molecule has 1 atom stereocenters. The van der Waals surface area contributed by atoms with E-state index in [4.69, 9.17) is 21.1 Å². The van der Waals surface area contributed by atoms with Crippen molar-refractivity contribution in [1.29, 1.82) is 0 Å². The molecular weight excluding hydrogens is 477 g/mol. The second-order valence-electron chi connectivity index (χ2n) is 7.84. The fourth-order valence-corrected chi connectivity index (χ4v) is 4.08. The summed E-state index contributed by atoms with van der Waals surface area (Å²) < 4.78 is 52.4. The van der Waals surface area contributed by atoms with Gasteiger partial charge in [-0.15, -0.1) is 0 Å². The van der Waals surface area contributed by atoms with Crippen LogP contribution in [0.5, 0.6) is 5.75 Å². The Morgan fingerprint density at radius 1 is 1.26 bits per heavy atom. The number of alkyl halides is 3. The molecule has 1 aliphatic heterocycles. The molecule has 0 bridgehead atoms. The highest BCUT2D eigenvalue weighted by Crippen LogP contribution is 2.28. The van der Waals surface area contributed by atoms with E-state index in [2.05, 4.69) is 5.10 Å². The van der Waals surface area contributed by atoms with Crippen LogP contribution in [0.4, 0.5) is 13.2 Å². The molecule has 0 spiro atoms. The van der Waals surface area contributed by atoms with Crippen LogP contribution in [0.25, 0.3) is 5.65 Å². The molecule has 1 amide bonds. The zero-order valence-electron chi connectivity index (χ0n) is 18.1.